The van der Waals surface area contributed by atoms with Crippen molar-refractivity contribution in [2.45, 2.75) is 64.5 Å². The largest absolute Gasteiger partial charge is 0.353 e. The van der Waals surface area contributed by atoms with Crippen molar-refractivity contribution in [3.63, 3.8) is 0 Å². The molecule has 7 heteroatoms. The Labute approximate surface area is 193 Å². The van der Waals surface area contributed by atoms with E-state index in [1.807, 2.05) is 42.5 Å². The third-order valence-electron chi connectivity index (χ3n) is 6.15. The molecule has 7 nitrogen and oxygen atoms in total. The summed E-state index contributed by atoms with van der Waals surface area (Å²) < 4.78 is 1.45. The normalized spacial score (nSPS) is 13.8. The second kappa shape index (κ2) is 10.4. The molecule has 0 unspecified atom stereocenters. The third-order valence-corrected chi connectivity index (χ3v) is 6.15. The maximum atomic E-state index is 13.2. The summed E-state index contributed by atoms with van der Waals surface area (Å²) in [6, 6.07) is 15.2. The maximum Gasteiger partial charge on any atom is 0.273 e. The zero-order chi connectivity index (χ0) is 23.2. The van der Waals surface area contributed by atoms with Gasteiger partial charge in [-0.3, -0.25) is 19.0 Å². The molecular weight excluding hydrogens is 416 g/mol. The summed E-state index contributed by atoms with van der Waals surface area (Å²) in [7, 11) is 0. The molecule has 0 atom stereocenters. The molecule has 2 N–H and O–H groups in total. The van der Waals surface area contributed by atoms with Crippen molar-refractivity contribution in [3.05, 3.63) is 70.1 Å². The van der Waals surface area contributed by atoms with Crippen LogP contribution in [0.2, 0.25) is 0 Å². The van der Waals surface area contributed by atoms with Crippen LogP contribution in [0.1, 0.15) is 50.3 Å². The lowest BCUT2D eigenvalue weighted by Crippen LogP contribution is -2.34. The number of aryl methyl sites for hydroxylation is 2. The standard InChI is InChI=1S/C26H30N4O3/c1-2-18-8-7-11-20(16-18)28-25(32)17-30-23-13-6-5-12-21(23)29-22(26(30)33)14-15-24(31)27-19-9-3-4-10-19/h5-8,11-13,16,19H,2-4,9-10,14-15,17H2,1H3,(H,27,31)(H,28,32). The van der Waals surface area contributed by atoms with Gasteiger partial charge in [-0.25, -0.2) is 4.98 Å². The lowest BCUT2D eigenvalue weighted by molar-refractivity contribution is -0.121. The monoisotopic (exact) mass is 446 g/mol. The molecule has 0 radical (unpaired) electrons. The number of nitrogens with one attached hydrogen (secondary N) is 2. The molecule has 172 valence electrons. The highest BCUT2D eigenvalue weighted by Gasteiger charge is 2.19. The molecule has 0 spiro atoms. The Morgan fingerprint density at radius 1 is 1.06 bits per heavy atom. The lowest BCUT2D eigenvalue weighted by atomic mass is 10.1. The number of rotatable bonds is 8. The van der Waals surface area contributed by atoms with Crippen LogP contribution in [0.5, 0.6) is 0 Å². The van der Waals surface area contributed by atoms with Gasteiger partial charge in [0.1, 0.15) is 12.2 Å². The summed E-state index contributed by atoms with van der Waals surface area (Å²) in [4.78, 5) is 42.9. The van der Waals surface area contributed by atoms with Gasteiger partial charge >= 0.3 is 0 Å². The zero-order valence-electron chi connectivity index (χ0n) is 19.0. The molecule has 33 heavy (non-hydrogen) atoms. The fraction of sp³-hybridized carbons (Fsp3) is 0.385. The van der Waals surface area contributed by atoms with Crippen LogP contribution in [-0.2, 0) is 29.0 Å². The van der Waals surface area contributed by atoms with Crippen LogP contribution < -0.4 is 16.2 Å². The molecule has 1 heterocycles. The van der Waals surface area contributed by atoms with Gasteiger partial charge < -0.3 is 10.6 Å². The number of hydrogen-bond acceptors (Lipinski definition) is 4. The lowest BCUT2D eigenvalue weighted by Gasteiger charge is -2.14. The van der Waals surface area contributed by atoms with E-state index in [0.29, 0.717) is 22.4 Å². The Hall–Kier alpha value is -3.48. The number of carbonyl (C=O) groups excluding carboxylic acids is 2. The first-order chi connectivity index (χ1) is 16.0. The smallest absolute Gasteiger partial charge is 0.273 e. The summed E-state index contributed by atoms with van der Waals surface area (Å²) >= 11 is 0. The predicted molar refractivity (Wildman–Crippen MR) is 129 cm³/mol. The fourth-order valence-corrected chi connectivity index (χ4v) is 4.38. The molecule has 2 amide bonds. The molecule has 1 saturated carbocycles. The minimum absolute atomic E-state index is 0.0589. The first kappa shape index (κ1) is 22.7. The number of carbonyl (C=O) groups is 2. The Bertz CT molecular complexity index is 1210. The number of anilines is 1. The minimum Gasteiger partial charge on any atom is -0.353 e. The van der Waals surface area contributed by atoms with Crippen molar-refractivity contribution in [2.75, 3.05) is 5.32 Å². The molecule has 2 aromatic carbocycles. The summed E-state index contributed by atoms with van der Waals surface area (Å²) in [6.07, 6.45) is 5.64. The van der Waals surface area contributed by atoms with Crippen molar-refractivity contribution in [3.8, 4) is 0 Å². The van der Waals surface area contributed by atoms with E-state index >= 15 is 0 Å². The number of aromatic nitrogens is 2. The fourth-order valence-electron chi connectivity index (χ4n) is 4.38. The van der Waals surface area contributed by atoms with Crippen molar-refractivity contribution < 1.29 is 9.59 Å². The number of fused-ring (bicyclic) bond motifs is 1. The van der Waals surface area contributed by atoms with Gasteiger partial charge in [0, 0.05) is 24.6 Å². The summed E-state index contributed by atoms with van der Waals surface area (Å²) in [6.45, 7) is 1.93. The van der Waals surface area contributed by atoms with E-state index in [2.05, 4.69) is 22.5 Å². The topological polar surface area (TPSA) is 93.1 Å². The van der Waals surface area contributed by atoms with Gasteiger partial charge in [0.25, 0.3) is 5.56 Å². The average Bonchev–Trinajstić information content (AvgIpc) is 3.33. The molecule has 1 aliphatic carbocycles. The van der Waals surface area contributed by atoms with E-state index in [-0.39, 0.29) is 42.8 Å². The van der Waals surface area contributed by atoms with Crippen LogP contribution >= 0.6 is 0 Å². The van der Waals surface area contributed by atoms with E-state index in [1.165, 1.54) is 4.57 Å². The number of benzene rings is 2. The van der Waals surface area contributed by atoms with E-state index < -0.39 is 0 Å². The van der Waals surface area contributed by atoms with Crippen molar-refractivity contribution in [2.24, 2.45) is 0 Å². The average molecular weight is 447 g/mol. The Morgan fingerprint density at radius 2 is 1.85 bits per heavy atom. The van der Waals surface area contributed by atoms with Crippen molar-refractivity contribution in [1.29, 1.82) is 0 Å². The SMILES string of the molecule is CCc1cccc(NC(=O)Cn2c(=O)c(CCC(=O)NC3CCCC3)nc3ccccc32)c1. The minimum atomic E-state index is -0.333. The third kappa shape index (κ3) is 5.66. The molecule has 0 aliphatic heterocycles. The van der Waals surface area contributed by atoms with E-state index in [0.717, 1.165) is 37.7 Å². The van der Waals surface area contributed by atoms with E-state index in [4.69, 9.17) is 0 Å². The van der Waals surface area contributed by atoms with Gasteiger partial charge in [0.05, 0.1) is 11.0 Å². The van der Waals surface area contributed by atoms with Crippen LogP contribution in [0.25, 0.3) is 11.0 Å². The molecular formula is C26H30N4O3. The van der Waals surface area contributed by atoms with Crippen LogP contribution in [0.15, 0.2) is 53.3 Å². The van der Waals surface area contributed by atoms with E-state index in [1.54, 1.807) is 6.07 Å². The first-order valence-corrected chi connectivity index (χ1v) is 11.7. The van der Waals surface area contributed by atoms with Gasteiger partial charge in [0.15, 0.2) is 0 Å². The van der Waals surface area contributed by atoms with Crippen LogP contribution in [-0.4, -0.2) is 27.4 Å². The Morgan fingerprint density at radius 3 is 2.64 bits per heavy atom. The van der Waals surface area contributed by atoms with Gasteiger partial charge in [-0.15, -0.1) is 0 Å². The number of hydrogen-bond donors (Lipinski definition) is 2. The highest BCUT2D eigenvalue weighted by molar-refractivity contribution is 5.91. The maximum absolute atomic E-state index is 13.2. The summed E-state index contributed by atoms with van der Waals surface area (Å²) in [5.74, 6) is -0.344. The van der Waals surface area contributed by atoms with Gasteiger partial charge in [-0.2, -0.15) is 0 Å². The number of amides is 2. The summed E-state index contributed by atoms with van der Waals surface area (Å²) in [5, 5.41) is 5.93. The Balaban J connectivity index is 1.52. The van der Waals surface area contributed by atoms with Crippen LogP contribution in [0, 0.1) is 0 Å². The van der Waals surface area contributed by atoms with Crippen LogP contribution in [0.4, 0.5) is 5.69 Å². The molecule has 0 saturated heterocycles. The molecule has 3 aromatic rings. The zero-order valence-corrected chi connectivity index (χ0v) is 19.0. The highest BCUT2D eigenvalue weighted by atomic mass is 16.2. The van der Waals surface area contributed by atoms with E-state index in [9.17, 15) is 14.4 Å². The second-order valence-corrected chi connectivity index (χ2v) is 8.59. The molecule has 0 bridgehead atoms. The number of nitrogens with zero attached hydrogens (tertiary/aromatic N) is 2. The quantitative estimate of drug-likeness (QED) is 0.553. The molecule has 1 fully saturated rings. The Kier molecular flexibility index (Phi) is 7.17. The predicted octanol–water partition coefficient (Wildman–Crippen LogP) is 3.59. The number of para-hydroxylation sites is 2. The highest BCUT2D eigenvalue weighted by Crippen LogP contribution is 2.18. The van der Waals surface area contributed by atoms with Gasteiger partial charge in [-0.05, 0) is 49.1 Å². The van der Waals surface area contributed by atoms with Gasteiger partial charge in [-0.1, -0.05) is 44.0 Å². The van der Waals surface area contributed by atoms with Crippen molar-refractivity contribution >= 4 is 28.5 Å². The molecule has 1 aromatic heterocycles. The van der Waals surface area contributed by atoms with Gasteiger partial charge in [0.2, 0.25) is 11.8 Å². The van der Waals surface area contributed by atoms with Crippen molar-refractivity contribution in [1.82, 2.24) is 14.9 Å². The summed E-state index contributed by atoms with van der Waals surface area (Å²) in [5.41, 5.74) is 3.02. The second-order valence-electron chi connectivity index (χ2n) is 8.59. The molecule has 4 rings (SSSR count). The molecule has 1 aliphatic rings. The van der Waals surface area contributed by atoms with Crippen LogP contribution in [0.3, 0.4) is 0 Å². The first-order valence-electron chi connectivity index (χ1n) is 11.7.